The third-order valence-electron chi connectivity index (χ3n) is 4.24. The van der Waals surface area contributed by atoms with Crippen molar-refractivity contribution in [3.8, 4) is 0 Å². The molecule has 3 N–H and O–H groups in total. The van der Waals surface area contributed by atoms with Crippen LogP contribution in [-0.4, -0.2) is 30.3 Å². The highest BCUT2D eigenvalue weighted by atomic mass is 79.9. The summed E-state index contributed by atoms with van der Waals surface area (Å²) >= 11 is 9.42. The number of hydrogen-bond donors (Lipinski definition) is 3. The predicted octanol–water partition coefficient (Wildman–Crippen LogP) is 3.92. The molecule has 8 heteroatoms. The number of nitrogens with one attached hydrogen (secondary N) is 3. The van der Waals surface area contributed by atoms with Crippen molar-refractivity contribution in [1.82, 2.24) is 10.6 Å². The number of benzene rings is 2. The van der Waals surface area contributed by atoms with Crippen LogP contribution in [-0.2, 0) is 9.59 Å². The van der Waals surface area contributed by atoms with Crippen molar-refractivity contribution in [2.24, 2.45) is 5.92 Å². The average Bonchev–Trinajstić information content (AvgIpc) is 2.66. The van der Waals surface area contributed by atoms with Gasteiger partial charge in [0.05, 0.1) is 17.1 Å². The first-order chi connectivity index (χ1) is 13.7. The molecular formula is C21H23BrClN3O3. The molecule has 3 amide bonds. The maximum absolute atomic E-state index is 12.6. The van der Waals surface area contributed by atoms with Gasteiger partial charge in [-0.1, -0.05) is 53.5 Å². The predicted molar refractivity (Wildman–Crippen MR) is 118 cm³/mol. The first kappa shape index (κ1) is 22.9. The SMILES string of the molecule is Cc1cc(Br)ccc1NC(=O)CNC(=O)[C@@H](NC(=O)c1ccccc1Cl)C(C)C. The van der Waals surface area contributed by atoms with Crippen molar-refractivity contribution in [2.45, 2.75) is 26.8 Å². The fraction of sp³-hybridized carbons (Fsp3) is 0.286. The first-order valence-electron chi connectivity index (χ1n) is 9.08. The van der Waals surface area contributed by atoms with Gasteiger partial charge in [0.1, 0.15) is 6.04 Å². The molecule has 2 rings (SSSR count). The standard InChI is InChI=1S/C21H23BrClN3O3/c1-12(2)19(26-20(28)15-6-4-5-7-16(15)23)21(29)24-11-18(27)25-17-9-8-14(22)10-13(17)3/h4-10,12,19H,11H2,1-3H3,(H,24,29)(H,25,27)(H,26,28)/t19-/m0/s1. The van der Waals surface area contributed by atoms with E-state index in [4.69, 9.17) is 11.6 Å². The molecule has 0 aromatic heterocycles. The van der Waals surface area contributed by atoms with Crippen LogP contribution in [0.3, 0.4) is 0 Å². The van der Waals surface area contributed by atoms with E-state index in [1.54, 1.807) is 30.3 Å². The molecule has 0 aliphatic rings. The Morgan fingerprint density at radius 3 is 2.41 bits per heavy atom. The van der Waals surface area contributed by atoms with Gasteiger partial charge in [-0.2, -0.15) is 0 Å². The maximum Gasteiger partial charge on any atom is 0.253 e. The Hall–Kier alpha value is -2.38. The molecule has 29 heavy (non-hydrogen) atoms. The molecule has 0 radical (unpaired) electrons. The van der Waals surface area contributed by atoms with Gasteiger partial charge in [-0.3, -0.25) is 14.4 Å². The third kappa shape index (κ3) is 6.58. The second-order valence-corrected chi connectivity index (χ2v) is 8.22. The van der Waals surface area contributed by atoms with Crippen LogP contribution < -0.4 is 16.0 Å². The van der Waals surface area contributed by atoms with Crippen molar-refractivity contribution in [3.05, 3.63) is 63.1 Å². The van der Waals surface area contributed by atoms with E-state index < -0.39 is 17.9 Å². The Bertz CT molecular complexity index is 918. The molecule has 0 heterocycles. The Morgan fingerprint density at radius 1 is 1.10 bits per heavy atom. The van der Waals surface area contributed by atoms with Crippen LogP contribution in [0.4, 0.5) is 5.69 Å². The summed E-state index contributed by atoms with van der Waals surface area (Å²) in [5.41, 5.74) is 1.85. The molecule has 2 aromatic carbocycles. The smallest absolute Gasteiger partial charge is 0.253 e. The molecule has 0 aliphatic carbocycles. The van der Waals surface area contributed by atoms with Gasteiger partial charge in [0.25, 0.3) is 5.91 Å². The van der Waals surface area contributed by atoms with Crippen LogP contribution >= 0.6 is 27.5 Å². The number of anilines is 1. The molecule has 0 fully saturated rings. The van der Waals surface area contributed by atoms with E-state index >= 15 is 0 Å². The van der Waals surface area contributed by atoms with Gasteiger partial charge in [-0.25, -0.2) is 0 Å². The topological polar surface area (TPSA) is 87.3 Å². The summed E-state index contributed by atoms with van der Waals surface area (Å²) < 4.78 is 0.912. The molecule has 2 aromatic rings. The highest BCUT2D eigenvalue weighted by molar-refractivity contribution is 9.10. The molecule has 0 aliphatic heterocycles. The highest BCUT2D eigenvalue weighted by Gasteiger charge is 2.25. The van der Waals surface area contributed by atoms with Gasteiger partial charge in [-0.05, 0) is 48.7 Å². The number of aryl methyl sites for hydroxylation is 1. The van der Waals surface area contributed by atoms with E-state index in [0.29, 0.717) is 10.7 Å². The van der Waals surface area contributed by atoms with Crippen molar-refractivity contribution in [3.63, 3.8) is 0 Å². The number of rotatable bonds is 7. The minimum atomic E-state index is -0.805. The minimum absolute atomic E-state index is 0.182. The normalized spacial score (nSPS) is 11.7. The summed E-state index contributed by atoms with van der Waals surface area (Å²) in [7, 11) is 0. The molecule has 154 valence electrons. The summed E-state index contributed by atoms with van der Waals surface area (Å²) in [6.45, 7) is 5.28. The van der Waals surface area contributed by atoms with Crippen molar-refractivity contribution in [1.29, 1.82) is 0 Å². The van der Waals surface area contributed by atoms with Crippen LogP contribution in [0, 0.1) is 12.8 Å². The zero-order valence-electron chi connectivity index (χ0n) is 16.4. The van der Waals surface area contributed by atoms with E-state index in [2.05, 4.69) is 31.9 Å². The lowest BCUT2D eigenvalue weighted by Gasteiger charge is -2.22. The van der Waals surface area contributed by atoms with Gasteiger partial charge >= 0.3 is 0 Å². The summed E-state index contributed by atoms with van der Waals surface area (Å²) in [5, 5.41) is 8.33. The van der Waals surface area contributed by atoms with Crippen molar-refractivity contribution >= 4 is 50.9 Å². The van der Waals surface area contributed by atoms with Gasteiger partial charge in [0.15, 0.2) is 0 Å². The largest absolute Gasteiger partial charge is 0.345 e. The van der Waals surface area contributed by atoms with Crippen LogP contribution in [0.15, 0.2) is 46.9 Å². The van der Waals surface area contributed by atoms with E-state index in [-0.39, 0.29) is 23.9 Å². The first-order valence-corrected chi connectivity index (χ1v) is 10.2. The molecule has 0 saturated carbocycles. The maximum atomic E-state index is 12.6. The van der Waals surface area contributed by atoms with Crippen LogP contribution in [0.5, 0.6) is 0 Å². The Kier molecular flexibility index (Phi) is 8.22. The number of halogens is 2. The highest BCUT2D eigenvalue weighted by Crippen LogP contribution is 2.20. The second-order valence-electron chi connectivity index (χ2n) is 6.90. The lowest BCUT2D eigenvalue weighted by Crippen LogP contribution is -2.51. The molecule has 0 spiro atoms. The molecule has 0 unspecified atom stereocenters. The molecule has 0 bridgehead atoms. The summed E-state index contributed by atoms with van der Waals surface area (Å²) in [6.07, 6.45) is 0. The van der Waals surface area contributed by atoms with Crippen molar-refractivity contribution in [2.75, 3.05) is 11.9 Å². The van der Waals surface area contributed by atoms with E-state index in [1.807, 2.05) is 32.9 Å². The Labute approximate surface area is 183 Å². The number of amides is 3. The number of carbonyl (C=O) groups excluding carboxylic acids is 3. The van der Waals surface area contributed by atoms with Gasteiger partial charge in [0, 0.05) is 10.2 Å². The van der Waals surface area contributed by atoms with Gasteiger partial charge in [0.2, 0.25) is 11.8 Å². The van der Waals surface area contributed by atoms with Crippen LogP contribution in [0.25, 0.3) is 0 Å². The Balaban J connectivity index is 1.96. The minimum Gasteiger partial charge on any atom is -0.345 e. The Morgan fingerprint density at radius 2 is 1.79 bits per heavy atom. The van der Waals surface area contributed by atoms with E-state index in [9.17, 15) is 14.4 Å². The molecule has 1 atom stereocenters. The summed E-state index contributed by atoms with van der Waals surface area (Å²) in [5.74, 6) is -1.43. The van der Waals surface area contributed by atoms with E-state index in [1.165, 1.54) is 0 Å². The van der Waals surface area contributed by atoms with E-state index in [0.717, 1.165) is 10.0 Å². The quantitative estimate of drug-likeness (QED) is 0.561. The van der Waals surface area contributed by atoms with Gasteiger partial charge in [-0.15, -0.1) is 0 Å². The summed E-state index contributed by atoms with van der Waals surface area (Å²) in [6, 6.07) is 11.3. The van der Waals surface area contributed by atoms with Gasteiger partial charge < -0.3 is 16.0 Å². The molecule has 6 nitrogen and oxygen atoms in total. The summed E-state index contributed by atoms with van der Waals surface area (Å²) in [4.78, 5) is 37.2. The third-order valence-corrected chi connectivity index (χ3v) is 5.06. The molecule has 0 saturated heterocycles. The lowest BCUT2D eigenvalue weighted by atomic mass is 10.0. The zero-order chi connectivity index (χ0) is 21.6. The average molecular weight is 481 g/mol. The van der Waals surface area contributed by atoms with Crippen LogP contribution in [0.1, 0.15) is 29.8 Å². The lowest BCUT2D eigenvalue weighted by molar-refractivity contribution is -0.126. The fourth-order valence-corrected chi connectivity index (χ4v) is 3.34. The zero-order valence-corrected chi connectivity index (χ0v) is 18.7. The molecular weight excluding hydrogens is 458 g/mol. The monoisotopic (exact) mass is 479 g/mol. The number of hydrogen-bond acceptors (Lipinski definition) is 3. The fourth-order valence-electron chi connectivity index (χ4n) is 2.64. The van der Waals surface area contributed by atoms with Crippen LogP contribution in [0.2, 0.25) is 5.02 Å². The second kappa shape index (κ2) is 10.4. The number of carbonyl (C=O) groups is 3. The van der Waals surface area contributed by atoms with Crippen molar-refractivity contribution < 1.29 is 14.4 Å².